The van der Waals surface area contributed by atoms with Gasteiger partial charge in [-0.25, -0.2) is 4.79 Å². The van der Waals surface area contributed by atoms with E-state index in [-0.39, 0.29) is 28.5 Å². The Morgan fingerprint density at radius 3 is 2.63 bits per heavy atom. The van der Waals surface area contributed by atoms with Crippen molar-refractivity contribution >= 4 is 46.6 Å². The lowest BCUT2D eigenvalue weighted by atomic mass is 9.89. The van der Waals surface area contributed by atoms with Crippen LogP contribution in [0.4, 0.5) is 4.79 Å². The Morgan fingerprint density at radius 1 is 1.23 bits per heavy atom. The second-order valence-electron chi connectivity index (χ2n) is 7.20. The smallest absolute Gasteiger partial charge is 0.343 e. The maximum absolute atomic E-state index is 12.8. The van der Waals surface area contributed by atoms with Gasteiger partial charge in [0.05, 0.1) is 24.1 Å². The Bertz CT molecular complexity index is 865. The number of imide groups is 1. The summed E-state index contributed by atoms with van der Waals surface area (Å²) in [6.45, 7) is 0.165. The van der Waals surface area contributed by atoms with Crippen LogP contribution in [0.1, 0.15) is 37.7 Å². The van der Waals surface area contributed by atoms with E-state index in [1.54, 1.807) is 18.2 Å². The number of thioether (sulfide) groups is 1. The summed E-state index contributed by atoms with van der Waals surface area (Å²) in [5, 5.41) is -0.0288. The van der Waals surface area contributed by atoms with Gasteiger partial charge in [0.15, 0.2) is 18.1 Å². The number of hydrogen-bond donors (Lipinski definition) is 0. The van der Waals surface area contributed by atoms with E-state index in [0.717, 1.165) is 37.4 Å². The van der Waals surface area contributed by atoms with E-state index in [1.165, 1.54) is 25.5 Å². The van der Waals surface area contributed by atoms with Gasteiger partial charge in [-0.1, -0.05) is 30.9 Å². The molecule has 0 N–H and O–H groups in total. The standard InChI is InChI=1S/C21H24ClNO6S/c1-27-16-9-14(8-15(22)19(16)29-12-18(24)28-2)10-17-20(25)23(21(26)30-17)11-13-6-4-3-5-7-13/h8-10,13H,3-7,11-12H2,1-2H3/b17-10+. The van der Waals surface area contributed by atoms with Gasteiger partial charge >= 0.3 is 5.97 Å². The molecular weight excluding hydrogens is 430 g/mol. The van der Waals surface area contributed by atoms with Crippen LogP contribution in [0, 0.1) is 5.92 Å². The summed E-state index contributed by atoms with van der Waals surface area (Å²) in [6, 6.07) is 3.22. The molecule has 1 saturated heterocycles. The Balaban J connectivity index is 1.77. The second-order valence-corrected chi connectivity index (χ2v) is 8.60. The van der Waals surface area contributed by atoms with Crippen LogP contribution in [0.2, 0.25) is 5.02 Å². The number of nitrogens with zero attached hydrogens (tertiary/aromatic N) is 1. The highest BCUT2D eigenvalue weighted by Crippen LogP contribution is 2.39. The van der Waals surface area contributed by atoms with Crippen molar-refractivity contribution in [2.45, 2.75) is 32.1 Å². The van der Waals surface area contributed by atoms with Gasteiger partial charge in [0, 0.05) is 6.54 Å². The molecule has 1 aromatic carbocycles. The summed E-state index contributed by atoms with van der Waals surface area (Å²) >= 11 is 7.22. The zero-order chi connectivity index (χ0) is 21.7. The van der Waals surface area contributed by atoms with Crippen LogP contribution in [0.15, 0.2) is 17.0 Å². The highest BCUT2D eigenvalue weighted by Gasteiger charge is 2.36. The van der Waals surface area contributed by atoms with Gasteiger partial charge in [0.1, 0.15) is 0 Å². The maximum atomic E-state index is 12.8. The molecule has 1 aliphatic carbocycles. The minimum absolute atomic E-state index is 0.201. The van der Waals surface area contributed by atoms with Crippen LogP contribution in [-0.2, 0) is 14.3 Å². The van der Waals surface area contributed by atoms with Crippen molar-refractivity contribution in [1.29, 1.82) is 0 Å². The van der Waals surface area contributed by atoms with Crippen LogP contribution < -0.4 is 9.47 Å². The molecule has 0 spiro atoms. The van der Waals surface area contributed by atoms with Gasteiger partial charge < -0.3 is 14.2 Å². The Kier molecular flexibility index (Phi) is 7.66. The number of halogens is 1. The third-order valence-electron chi connectivity index (χ3n) is 5.15. The Labute approximate surface area is 184 Å². The van der Waals surface area contributed by atoms with Crippen molar-refractivity contribution < 1.29 is 28.6 Å². The molecule has 2 amide bonds. The second kappa shape index (κ2) is 10.2. The van der Waals surface area contributed by atoms with E-state index in [0.29, 0.717) is 28.7 Å². The first-order valence-corrected chi connectivity index (χ1v) is 10.9. The summed E-state index contributed by atoms with van der Waals surface area (Å²) < 4.78 is 15.2. The molecule has 0 bridgehead atoms. The fourth-order valence-electron chi connectivity index (χ4n) is 3.59. The molecule has 2 aliphatic rings. The Hall–Kier alpha value is -2.19. The molecule has 1 saturated carbocycles. The number of ether oxygens (including phenoxy) is 3. The van der Waals surface area contributed by atoms with Gasteiger partial charge in [-0.3, -0.25) is 14.5 Å². The molecule has 162 valence electrons. The van der Waals surface area contributed by atoms with Gasteiger partial charge in [-0.2, -0.15) is 0 Å². The Morgan fingerprint density at radius 2 is 1.97 bits per heavy atom. The normalized spacial score (nSPS) is 18.8. The number of benzene rings is 1. The van der Waals surface area contributed by atoms with Gasteiger partial charge in [-0.05, 0) is 54.3 Å². The molecule has 2 fully saturated rings. The molecule has 30 heavy (non-hydrogen) atoms. The molecule has 9 heteroatoms. The highest BCUT2D eigenvalue weighted by molar-refractivity contribution is 8.18. The quantitative estimate of drug-likeness (QED) is 0.443. The van der Waals surface area contributed by atoms with Crippen LogP contribution in [0.25, 0.3) is 6.08 Å². The number of carbonyl (C=O) groups is 3. The SMILES string of the molecule is COC(=O)COc1c(Cl)cc(/C=C2/SC(=O)N(CC3CCCCC3)C2=O)cc1OC. The third kappa shape index (κ3) is 5.29. The van der Waals surface area contributed by atoms with E-state index in [2.05, 4.69) is 4.74 Å². The van der Waals surface area contributed by atoms with Gasteiger partial charge in [0.25, 0.3) is 11.1 Å². The molecule has 1 heterocycles. The van der Waals surface area contributed by atoms with Crippen molar-refractivity contribution in [3.63, 3.8) is 0 Å². The molecule has 1 aromatic rings. The van der Waals surface area contributed by atoms with E-state index < -0.39 is 5.97 Å². The largest absolute Gasteiger partial charge is 0.493 e. The van der Waals surface area contributed by atoms with Crippen LogP contribution in [0.5, 0.6) is 11.5 Å². The summed E-state index contributed by atoms with van der Waals surface area (Å²) in [6.07, 6.45) is 7.25. The molecule has 0 atom stereocenters. The van der Waals surface area contributed by atoms with E-state index in [9.17, 15) is 14.4 Å². The van der Waals surface area contributed by atoms with Gasteiger partial charge in [-0.15, -0.1) is 0 Å². The first-order valence-electron chi connectivity index (χ1n) is 9.75. The fourth-order valence-corrected chi connectivity index (χ4v) is 4.71. The molecule has 1 aliphatic heterocycles. The summed E-state index contributed by atoms with van der Waals surface area (Å²) in [5.74, 6) is 0.0547. The molecule has 7 nitrogen and oxygen atoms in total. The zero-order valence-corrected chi connectivity index (χ0v) is 18.5. The lowest BCUT2D eigenvalue weighted by Crippen LogP contribution is -2.34. The summed E-state index contributed by atoms with van der Waals surface area (Å²) in [5.41, 5.74) is 0.588. The number of carbonyl (C=O) groups excluding carboxylic acids is 3. The predicted octanol–water partition coefficient (Wildman–Crippen LogP) is 4.52. The lowest BCUT2D eigenvalue weighted by molar-refractivity contribution is -0.142. The molecule has 0 radical (unpaired) electrons. The average molecular weight is 454 g/mol. The first-order chi connectivity index (χ1) is 14.4. The first kappa shape index (κ1) is 22.5. The topological polar surface area (TPSA) is 82.1 Å². The number of rotatable bonds is 7. The number of hydrogen-bond acceptors (Lipinski definition) is 7. The fraction of sp³-hybridized carbons (Fsp3) is 0.476. The molecule has 0 unspecified atom stereocenters. The van der Waals surface area contributed by atoms with Gasteiger partial charge in [0.2, 0.25) is 0 Å². The van der Waals surface area contributed by atoms with Crippen LogP contribution in [-0.4, -0.2) is 49.4 Å². The van der Waals surface area contributed by atoms with E-state index >= 15 is 0 Å². The maximum Gasteiger partial charge on any atom is 0.343 e. The number of esters is 1. The van der Waals surface area contributed by atoms with Crippen molar-refractivity contribution in [1.82, 2.24) is 4.90 Å². The molecular formula is C21H24ClNO6S. The van der Waals surface area contributed by atoms with Crippen molar-refractivity contribution in [2.75, 3.05) is 27.4 Å². The summed E-state index contributed by atoms with van der Waals surface area (Å²) in [7, 11) is 2.70. The molecule has 0 aromatic heterocycles. The predicted molar refractivity (Wildman–Crippen MR) is 115 cm³/mol. The summed E-state index contributed by atoms with van der Waals surface area (Å²) in [4.78, 5) is 38.2. The monoisotopic (exact) mass is 453 g/mol. The highest BCUT2D eigenvalue weighted by atomic mass is 35.5. The number of methoxy groups -OCH3 is 2. The number of amides is 2. The minimum Gasteiger partial charge on any atom is -0.493 e. The third-order valence-corrected chi connectivity index (χ3v) is 6.34. The zero-order valence-electron chi connectivity index (χ0n) is 16.9. The van der Waals surface area contributed by atoms with E-state index in [4.69, 9.17) is 21.1 Å². The minimum atomic E-state index is -0.552. The van der Waals surface area contributed by atoms with Crippen molar-refractivity contribution in [2.24, 2.45) is 5.92 Å². The van der Waals surface area contributed by atoms with E-state index in [1.807, 2.05) is 0 Å². The average Bonchev–Trinajstić information content (AvgIpc) is 3.00. The van der Waals surface area contributed by atoms with Crippen molar-refractivity contribution in [3.05, 3.63) is 27.6 Å². The van der Waals surface area contributed by atoms with Crippen LogP contribution in [0.3, 0.4) is 0 Å². The lowest BCUT2D eigenvalue weighted by Gasteiger charge is -2.25. The van der Waals surface area contributed by atoms with Crippen molar-refractivity contribution in [3.8, 4) is 11.5 Å². The van der Waals surface area contributed by atoms with Crippen LogP contribution >= 0.6 is 23.4 Å². The molecule has 3 rings (SSSR count).